The number of rotatable bonds is 6. The van der Waals surface area contributed by atoms with Crippen molar-refractivity contribution in [1.29, 1.82) is 0 Å². The van der Waals surface area contributed by atoms with Crippen LogP contribution >= 0.6 is 0 Å². The number of halogens is 2. The first-order valence-electron chi connectivity index (χ1n) is 10.2. The highest BCUT2D eigenvalue weighted by molar-refractivity contribution is 7.90. The number of nitrogens with zero attached hydrogens (tertiary/aromatic N) is 3. The van der Waals surface area contributed by atoms with Crippen molar-refractivity contribution >= 4 is 16.1 Å². The van der Waals surface area contributed by atoms with Crippen LogP contribution in [0.15, 0.2) is 53.7 Å². The summed E-state index contributed by atoms with van der Waals surface area (Å²) < 4.78 is 62.6. The second kappa shape index (κ2) is 9.51. The van der Waals surface area contributed by atoms with Gasteiger partial charge in [-0.05, 0) is 50.6 Å². The van der Waals surface area contributed by atoms with Crippen molar-refractivity contribution < 1.29 is 31.8 Å². The molecule has 0 saturated carbocycles. The summed E-state index contributed by atoms with van der Waals surface area (Å²) in [6.07, 6.45) is 1.35. The number of carbonyl (C=O) groups is 1. The number of hydrogen-bond acceptors (Lipinski definition) is 6. The zero-order valence-electron chi connectivity index (χ0n) is 19.1. The van der Waals surface area contributed by atoms with Gasteiger partial charge < -0.3 is 14.7 Å². The van der Waals surface area contributed by atoms with E-state index in [1.165, 1.54) is 48.3 Å². The zero-order chi connectivity index (χ0) is 25.3. The van der Waals surface area contributed by atoms with Crippen molar-refractivity contribution in [3.05, 3.63) is 71.7 Å². The Morgan fingerprint density at radius 3 is 2.53 bits per heavy atom. The largest absolute Gasteiger partial charge is 0.444 e. The molecule has 0 aliphatic heterocycles. The Bertz CT molecular complexity index is 1320. The molecule has 0 fully saturated rings. The van der Waals surface area contributed by atoms with Gasteiger partial charge in [-0.3, -0.25) is 0 Å². The molecule has 2 heterocycles. The lowest BCUT2D eigenvalue weighted by Gasteiger charge is -2.30. The van der Waals surface area contributed by atoms with Gasteiger partial charge in [-0.15, -0.1) is 0 Å². The van der Waals surface area contributed by atoms with E-state index in [-0.39, 0.29) is 16.0 Å². The Balaban J connectivity index is 2.12. The minimum atomic E-state index is -4.43. The first kappa shape index (κ1) is 25.3. The van der Waals surface area contributed by atoms with Gasteiger partial charge in [-0.25, -0.2) is 26.6 Å². The van der Waals surface area contributed by atoms with E-state index in [4.69, 9.17) is 4.74 Å². The van der Waals surface area contributed by atoms with Crippen LogP contribution in [0, 0.1) is 11.8 Å². The molecule has 3 aromatic rings. The molecule has 182 valence electrons. The van der Waals surface area contributed by atoms with Crippen LogP contribution in [0.4, 0.5) is 13.6 Å². The number of aliphatic hydroxyl groups is 1. The Labute approximate surface area is 196 Å². The van der Waals surface area contributed by atoms with E-state index in [2.05, 4.69) is 4.98 Å². The average molecular weight is 494 g/mol. The van der Waals surface area contributed by atoms with Crippen molar-refractivity contribution in [1.82, 2.24) is 13.9 Å². The molecular formula is C23H25F2N3O5S. The first-order valence-corrected chi connectivity index (χ1v) is 11.7. The van der Waals surface area contributed by atoms with E-state index in [1.54, 1.807) is 20.8 Å². The number of amides is 1. The number of pyridine rings is 1. The van der Waals surface area contributed by atoms with Crippen molar-refractivity contribution in [2.24, 2.45) is 0 Å². The summed E-state index contributed by atoms with van der Waals surface area (Å²) in [5.41, 5.74) is -1.48. The maximum atomic E-state index is 15.5. The SMILES string of the molecule is CN(C(=O)OCc1cn(S(=O)(=O)c2cccc(CO)c2)c(-c2cccnc2F)c1F)C(C)(C)C. The topological polar surface area (TPSA) is 102 Å². The van der Waals surface area contributed by atoms with Crippen LogP contribution < -0.4 is 0 Å². The van der Waals surface area contributed by atoms with E-state index in [9.17, 15) is 22.7 Å². The van der Waals surface area contributed by atoms with Gasteiger partial charge >= 0.3 is 6.09 Å². The quantitative estimate of drug-likeness (QED) is 0.522. The van der Waals surface area contributed by atoms with Crippen LogP contribution in [0.2, 0.25) is 0 Å². The molecule has 0 aliphatic rings. The van der Waals surface area contributed by atoms with Crippen LogP contribution in [0.3, 0.4) is 0 Å². The summed E-state index contributed by atoms with van der Waals surface area (Å²) in [6.45, 7) is 4.35. The van der Waals surface area contributed by atoms with Gasteiger partial charge in [0, 0.05) is 30.5 Å². The van der Waals surface area contributed by atoms with Crippen LogP contribution in [-0.2, 0) is 28.0 Å². The van der Waals surface area contributed by atoms with E-state index < -0.39 is 52.3 Å². The molecule has 0 aliphatic carbocycles. The van der Waals surface area contributed by atoms with Gasteiger partial charge in [-0.1, -0.05) is 12.1 Å². The third-order valence-corrected chi connectivity index (χ3v) is 6.92. The molecule has 1 aromatic carbocycles. The normalized spacial score (nSPS) is 12.0. The van der Waals surface area contributed by atoms with Gasteiger partial charge in [0.05, 0.1) is 17.1 Å². The fourth-order valence-electron chi connectivity index (χ4n) is 3.03. The average Bonchev–Trinajstić information content (AvgIpc) is 3.13. The van der Waals surface area contributed by atoms with Gasteiger partial charge in [0.1, 0.15) is 12.3 Å². The van der Waals surface area contributed by atoms with Gasteiger partial charge in [0.2, 0.25) is 5.95 Å². The van der Waals surface area contributed by atoms with E-state index in [0.29, 0.717) is 9.54 Å². The molecule has 1 amide bonds. The second-order valence-corrected chi connectivity index (χ2v) is 10.4. The summed E-state index contributed by atoms with van der Waals surface area (Å²) in [7, 11) is -2.91. The molecular weight excluding hydrogens is 468 g/mol. The monoisotopic (exact) mass is 493 g/mol. The number of carbonyl (C=O) groups excluding carboxylic acids is 1. The van der Waals surface area contributed by atoms with E-state index >= 15 is 4.39 Å². The lowest BCUT2D eigenvalue weighted by molar-refractivity contribution is 0.0753. The number of aliphatic hydroxyl groups excluding tert-OH is 1. The standard InChI is InChI=1S/C23H25F2N3O5S/c1-23(2,3)27(4)22(30)33-14-16-12-28(20(19(16)24)18-9-6-10-26-21(18)25)34(31,32)17-8-5-7-15(11-17)13-29/h5-12,29H,13-14H2,1-4H3. The second-order valence-electron chi connectivity index (χ2n) is 8.55. The molecule has 0 radical (unpaired) electrons. The minimum absolute atomic E-state index is 0.240. The Kier molecular flexibility index (Phi) is 7.08. The maximum Gasteiger partial charge on any atom is 0.410 e. The number of aromatic nitrogens is 2. The third-order valence-electron chi connectivity index (χ3n) is 5.27. The Hall–Kier alpha value is -3.31. The van der Waals surface area contributed by atoms with Crippen LogP contribution in [0.25, 0.3) is 11.3 Å². The summed E-state index contributed by atoms with van der Waals surface area (Å²) >= 11 is 0. The van der Waals surface area contributed by atoms with Crippen molar-refractivity contribution in [3.8, 4) is 11.3 Å². The van der Waals surface area contributed by atoms with Crippen LogP contribution in [-0.4, -0.2) is 46.1 Å². The minimum Gasteiger partial charge on any atom is -0.444 e. The molecule has 0 spiro atoms. The van der Waals surface area contributed by atoms with Crippen molar-refractivity contribution in [3.63, 3.8) is 0 Å². The molecule has 34 heavy (non-hydrogen) atoms. The lowest BCUT2D eigenvalue weighted by atomic mass is 10.1. The fraction of sp³-hybridized carbons (Fsp3) is 0.304. The Morgan fingerprint density at radius 1 is 1.21 bits per heavy atom. The van der Waals surface area contributed by atoms with Gasteiger partial charge in [0.15, 0.2) is 5.82 Å². The molecule has 0 bridgehead atoms. The summed E-state index contributed by atoms with van der Waals surface area (Å²) in [6, 6.07) is 7.98. The zero-order valence-corrected chi connectivity index (χ0v) is 19.9. The highest BCUT2D eigenvalue weighted by atomic mass is 32.2. The first-order chi connectivity index (χ1) is 15.9. The van der Waals surface area contributed by atoms with Crippen LogP contribution in [0.1, 0.15) is 31.9 Å². The Morgan fingerprint density at radius 2 is 1.91 bits per heavy atom. The maximum absolute atomic E-state index is 15.5. The van der Waals surface area contributed by atoms with E-state index in [0.717, 1.165) is 12.4 Å². The smallest absolute Gasteiger partial charge is 0.410 e. The van der Waals surface area contributed by atoms with Crippen molar-refractivity contribution in [2.75, 3.05) is 7.05 Å². The molecule has 0 atom stereocenters. The summed E-state index contributed by atoms with van der Waals surface area (Å²) in [5, 5.41) is 9.37. The molecule has 2 aromatic heterocycles. The third kappa shape index (κ3) is 4.95. The molecule has 8 nitrogen and oxygen atoms in total. The predicted octanol–water partition coefficient (Wildman–Crippen LogP) is 3.92. The number of ether oxygens (including phenoxy) is 1. The van der Waals surface area contributed by atoms with Crippen LogP contribution in [0.5, 0.6) is 0 Å². The highest BCUT2D eigenvalue weighted by Gasteiger charge is 2.30. The van der Waals surface area contributed by atoms with Crippen molar-refractivity contribution in [2.45, 2.75) is 44.4 Å². The lowest BCUT2D eigenvalue weighted by Crippen LogP contribution is -2.42. The van der Waals surface area contributed by atoms with Gasteiger partial charge in [-0.2, -0.15) is 4.39 Å². The molecule has 11 heteroatoms. The van der Waals surface area contributed by atoms with E-state index in [1.807, 2.05) is 0 Å². The predicted molar refractivity (Wildman–Crippen MR) is 120 cm³/mol. The molecule has 0 saturated heterocycles. The molecule has 0 unspecified atom stereocenters. The molecule has 3 rings (SSSR count). The summed E-state index contributed by atoms with van der Waals surface area (Å²) in [4.78, 5) is 16.9. The number of benzene rings is 1. The summed E-state index contributed by atoms with van der Waals surface area (Å²) in [5.74, 6) is -2.14. The fourth-order valence-corrected chi connectivity index (χ4v) is 4.49. The van der Waals surface area contributed by atoms with Gasteiger partial charge in [0.25, 0.3) is 10.0 Å². The molecule has 1 N–H and O–H groups in total. The number of hydrogen-bond donors (Lipinski definition) is 1. The highest BCUT2D eigenvalue weighted by Crippen LogP contribution is 2.32.